The second-order valence-electron chi connectivity index (χ2n) is 6.33. The fourth-order valence-electron chi connectivity index (χ4n) is 2.83. The number of carbonyl (C=O) groups is 1. The van der Waals surface area contributed by atoms with Crippen LogP contribution in [0.4, 0.5) is 0 Å². The Morgan fingerprint density at radius 1 is 0.926 bits per heavy atom. The minimum absolute atomic E-state index is 0.206. The Balaban J connectivity index is 2.04. The van der Waals surface area contributed by atoms with Crippen LogP contribution in [0.2, 0.25) is 0 Å². The molecule has 0 bridgehead atoms. The van der Waals surface area contributed by atoms with E-state index >= 15 is 0 Å². The Labute approximate surface area is 160 Å². The third-order valence-corrected chi connectivity index (χ3v) is 4.07. The van der Waals surface area contributed by atoms with E-state index in [1.807, 2.05) is 26.0 Å². The van der Waals surface area contributed by atoms with Gasteiger partial charge in [0.05, 0.1) is 21.3 Å². The van der Waals surface area contributed by atoms with Crippen molar-refractivity contribution in [3.05, 3.63) is 47.0 Å². The summed E-state index contributed by atoms with van der Waals surface area (Å²) in [7, 11) is 4.66. The highest BCUT2D eigenvalue weighted by Crippen LogP contribution is 2.38. The molecule has 1 atom stereocenters. The Kier molecular flexibility index (Phi) is 6.93. The second-order valence-corrected chi connectivity index (χ2v) is 6.33. The summed E-state index contributed by atoms with van der Waals surface area (Å²) in [6.45, 7) is 6.03. The first-order valence-electron chi connectivity index (χ1n) is 8.69. The lowest BCUT2D eigenvalue weighted by Gasteiger charge is -2.17. The summed E-state index contributed by atoms with van der Waals surface area (Å²) in [5, 5.41) is 2.87. The molecular formula is C21H27NO5. The van der Waals surface area contributed by atoms with Crippen molar-refractivity contribution in [3.8, 4) is 23.0 Å². The molecule has 0 aliphatic carbocycles. The van der Waals surface area contributed by atoms with Crippen LogP contribution in [0, 0.1) is 13.8 Å². The van der Waals surface area contributed by atoms with Gasteiger partial charge in [0.2, 0.25) is 5.75 Å². The van der Waals surface area contributed by atoms with Gasteiger partial charge < -0.3 is 24.3 Å². The van der Waals surface area contributed by atoms with E-state index in [1.54, 1.807) is 40.4 Å². The van der Waals surface area contributed by atoms with Crippen molar-refractivity contribution < 1.29 is 23.7 Å². The molecule has 2 rings (SSSR count). The summed E-state index contributed by atoms with van der Waals surface area (Å²) in [4.78, 5) is 12.4. The van der Waals surface area contributed by atoms with E-state index < -0.39 is 6.10 Å². The average Bonchev–Trinajstić information content (AvgIpc) is 2.64. The van der Waals surface area contributed by atoms with Gasteiger partial charge in [-0.1, -0.05) is 6.07 Å². The Morgan fingerprint density at radius 2 is 1.48 bits per heavy atom. The van der Waals surface area contributed by atoms with Gasteiger partial charge in [-0.3, -0.25) is 4.79 Å². The van der Waals surface area contributed by atoms with Crippen LogP contribution in [0.1, 0.15) is 23.6 Å². The number of rotatable bonds is 8. The molecule has 0 unspecified atom stereocenters. The molecule has 1 amide bonds. The number of hydrogen-bond acceptors (Lipinski definition) is 5. The minimum atomic E-state index is -0.617. The average molecular weight is 373 g/mol. The van der Waals surface area contributed by atoms with Gasteiger partial charge in [-0.25, -0.2) is 0 Å². The Bertz CT molecular complexity index is 758. The maximum Gasteiger partial charge on any atom is 0.261 e. The fourth-order valence-corrected chi connectivity index (χ4v) is 2.83. The lowest BCUT2D eigenvalue weighted by Crippen LogP contribution is -2.35. The van der Waals surface area contributed by atoms with E-state index in [0.717, 1.165) is 16.7 Å². The number of carbonyl (C=O) groups excluding carboxylic acids is 1. The largest absolute Gasteiger partial charge is 0.493 e. The SMILES string of the molecule is COc1cc(CNC(=O)[C@H](C)Oc2cc(C)cc(C)c2)cc(OC)c1OC. The number of methoxy groups -OCH3 is 3. The summed E-state index contributed by atoms with van der Waals surface area (Å²) in [6, 6.07) is 9.49. The van der Waals surface area contributed by atoms with E-state index in [2.05, 4.69) is 11.4 Å². The first-order valence-corrected chi connectivity index (χ1v) is 8.69. The molecule has 6 nitrogen and oxygen atoms in total. The van der Waals surface area contributed by atoms with Crippen LogP contribution in [0.5, 0.6) is 23.0 Å². The number of ether oxygens (including phenoxy) is 4. The van der Waals surface area contributed by atoms with E-state index in [-0.39, 0.29) is 5.91 Å². The predicted molar refractivity (Wildman–Crippen MR) is 104 cm³/mol. The number of nitrogens with one attached hydrogen (secondary N) is 1. The second kappa shape index (κ2) is 9.16. The molecular weight excluding hydrogens is 346 g/mol. The molecule has 146 valence electrons. The van der Waals surface area contributed by atoms with Crippen LogP contribution >= 0.6 is 0 Å². The number of amides is 1. The van der Waals surface area contributed by atoms with Gasteiger partial charge in [0, 0.05) is 6.54 Å². The standard InChI is InChI=1S/C21H27NO5/c1-13-7-14(2)9-17(8-13)27-15(3)21(23)22-12-16-10-18(24-4)20(26-6)19(11-16)25-5/h7-11,15H,12H2,1-6H3,(H,22,23)/t15-/m0/s1. The predicted octanol–water partition coefficient (Wildman–Crippen LogP) is 3.41. The Morgan fingerprint density at radius 3 is 1.96 bits per heavy atom. The normalized spacial score (nSPS) is 11.5. The monoisotopic (exact) mass is 373 g/mol. The van der Waals surface area contributed by atoms with E-state index in [1.165, 1.54) is 0 Å². The van der Waals surface area contributed by atoms with Gasteiger partial charge in [-0.15, -0.1) is 0 Å². The highest BCUT2D eigenvalue weighted by Gasteiger charge is 2.17. The van der Waals surface area contributed by atoms with E-state index in [0.29, 0.717) is 29.5 Å². The number of aryl methyl sites for hydroxylation is 2. The molecule has 2 aromatic rings. The summed E-state index contributed by atoms with van der Waals surface area (Å²) in [6.07, 6.45) is -0.617. The van der Waals surface area contributed by atoms with Crippen molar-refractivity contribution in [2.75, 3.05) is 21.3 Å². The molecule has 0 spiro atoms. The fraction of sp³-hybridized carbons (Fsp3) is 0.381. The topological polar surface area (TPSA) is 66.0 Å². The van der Waals surface area contributed by atoms with Crippen molar-refractivity contribution in [1.82, 2.24) is 5.32 Å². The van der Waals surface area contributed by atoms with Crippen molar-refractivity contribution >= 4 is 5.91 Å². The molecule has 0 aliphatic heterocycles. The molecule has 0 saturated heterocycles. The zero-order valence-electron chi connectivity index (χ0n) is 16.7. The van der Waals surface area contributed by atoms with E-state index in [4.69, 9.17) is 18.9 Å². The van der Waals surface area contributed by atoms with Crippen molar-refractivity contribution in [3.63, 3.8) is 0 Å². The molecule has 0 heterocycles. The van der Waals surface area contributed by atoms with Gasteiger partial charge in [0.15, 0.2) is 17.6 Å². The number of hydrogen-bond donors (Lipinski definition) is 1. The highest BCUT2D eigenvalue weighted by atomic mass is 16.5. The zero-order chi connectivity index (χ0) is 20.0. The summed E-state index contributed by atoms with van der Waals surface area (Å²) >= 11 is 0. The van der Waals surface area contributed by atoms with Crippen molar-refractivity contribution in [2.45, 2.75) is 33.4 Å². The minimum Gasteiger partial charge on any atom is -0.493 e. The van der Waals surface area contributed by atoms with Crippen LogP contribution in [0.15, 0.2) is 30.3 Å². The van der Waals surface area contributed by atoms with Crippen LogP contribution in [0.3, 0.4) is 0 Å². The molecule has 6 heteroatoms. The lowest BCUT2D eigenvalue weighted by atomic mass is 10.1. The zero-order valence-corrected chi connectivity index (χ0v) is 16.7. The molecule has 0 aliphatic rings. The third-order valence-electron chi connectivity index (χ3n) is 4.07. The summed E-state index contributed by atoms with van der Waals surface area (Å²) in [5.41, 5.74) is 3.02. The van der Waals surface area contributed by atoms with Gasteiger partial charge >= 0.3 is 0 Å². The molecule has 0 radical (unpaired) electrons. The van der Waals surface area contributed by atoms with Crippen LogP contribution in [-0.4, -0.2) is 33.3 Å². The molecule has 0 saturated carbocycles. The summed E-state index contributed by atoms with van der Waals surface area (Å²) < 4.78 is 21.7. The maximum absolute atomic E-state index is 12.4. The number of benzene rings is 2. The molecule has 27 heavy (non-hydrogen) atoms. The maximum atomic E-state index is 12.4. The molecule has 0 fully saturated rings. The highest BCUT2D eigenvalue weighted by molar-refractivity contribution is 5.80. The van der Waals surface area contributed by atoms with Crippen molar-refractivity contribution in [2.24, 2.45) is 0 Å². The van der Waals surface area contributed by atoms with Crippen LogP contribution in [-0.2, 0) is 11.3 Å². The smallest absolute Gasteiger partial charge is 0.261 e. The van der Waals surface area contributed by atoms with Crippen LogP contribution < -0.4 is 24.3 Å². The lowest BCUT2D eigenvalue weighted by molar-refractivity contribution is -0.127. The first kappa shape index (κ1) is 20.4. The van der Waals surface area contributed by atoms with E-state index in [9.17, 15) is 4.79 Å². The van der Waals surface area contributed by atoms with Crippen molar-refractivity contribution in [1.29, 1.82) is 0 Å². The first-order chi connectivity index (χ1) is 12.9. The van der Waals surface area contributed by atoms with Gasteiger partial charge in [0.1, 0.15) is 5.75 Å². The van der Waals surface area contributed by atoms with Gasteiger partial charge in [0.25, 0.3) is 5.91 Å². The third kappa shape index (κ3) is 5.29. The summed E-state index contributed by atoms with van der Waals surface area (Å²) in [5.74, 6) is 2.08. The Hall–Kier alpha value is -2.89. The van der Waals surface area contributed by atoms with Gasteiger partial charge in [-0.2, -0.15) is 0 Å². The van der Waals surface area contributed by atoms with Crippen LogP contribution in [0.25, 0.3) is 0 Å². The molecule has 1 N–H and O–H groups in total. The molecule has 2 aromatic carbocycles. The van der Waals surface area contributed by atoms with Gasteiger partial charge in [-0.05, 0) is 61.7 Å². The quantitative estimate of drug-likeness (QED) is 0.768. The molecule has 0 aromatic heterocycles.